The number of likely N-dealkylation sites (tertiary alicyclic amines) is 1. The molecule has 1 atom stereocenters. The van der Waals surface area contributed by atoms with Crippen LogP contribution in [0.4, 0.5) is 0 Å². The Morgan fingerprint density at radius 1 is 1.33 bits per heavy atom. The Balaban J connectivity index is 2.02. The van der Waals surface area contributed by atoms with Crippen LogP contribution in [0.15, 0.2) is 29.2 Å². The lowest BCUT2D eigenvalue weighted by atomic mass is 9.97. The number of nitrogens with zero attached hydrogens (tertiary/aromatic N) is 1. The van der Waals surface area contributed by atoms with Crippen LogP contribution >= 0.6 is 11.8 Å². The van der Waals surface area contributed by atoms with Gasteiger partial charge < -0.3 is 9.64 Å². The molecule has 0 aromatic heterocycles. The molecule has 0 radical (unpaired) electrons. The summed E-state index contributed by atoms with van der Waals surface area (Å²) in [4.78, 5) is 27.2. The minimum Gasteiger partial charge on any atom is -0.466 e. The van der Waals surface area contributed by atoms with Crippen molar-refractivity contribution in [3.8, 4) is 0 Å². The third-order valence-corrected chi connectivity index (χ3v) is 4.41. The minimum atomic E-state index is -0.187. The molecule has 4 nitrogen and oxygen atoms in total. The Hall–Kier alpha value is -1.49. The van der Waals surface area contributed by atoms with Crippen LogP contribution in [0, 0.1) is 5.92 Å². The van der Waals surface area contributed by atoms with Gasteiger partial charge in [0.25, 0.3) is 5.91 Å². The Bertz CT molecular complexity index is 501. The van der Waals surface area contributed by atoms with Crippen LogP contribution in [0.1, 0.15) is 30.1 Å². The molecule has 1 fully saturated rings. The maximum Gasteiger partial charge on any atom is 0.310 e. The summed E-state index contributed by atoms with van der Waals surface area (Å²) >= 11 is 1.65. The highest BCUT2D eigenvalue weighted by molar-refractivity contribution is 7.98. The van der Waals surface area contributed by atoms with Crippen molar-refractivity contribution < 1.29 is 14.3 Å². The fraction of sp³-hybridized carbons (Fsp3) is 0.500. The summed E-state index contributed by atoms with van der Waals surface area (Å²) in [5, 5.41) is 0. The van der Waals surface area contributed by atoms with Crippen molar-refractivity contribution in [3.05, 3.63) is 29.8 Å². The second-order valence-corrected chi connectivity index (χ2v) is 5.95. The van der Waals surface area contributed by atoms with Crippen LogP contribution < -0.4 is 0 Å². The van der Waals surface area contributed by atoms with Crippen molar-refractivity contribution in [1.29, 1.82) is 0 Å². The van der Waals surface area contributed by atoms with Gasteiger partial charge in [-0.05, 0) is 50.3 Å². The lowest BCUT2D eigenvalue weighted by Gasteiger charge is -2.31. The molecular formula is C16H21NO3S. The lowest BCUT2D eigenvalue weighted by molar-refractivity contribution is -0.149. The van der Waals surface area contributed by atoms with E-state index in [-0.39, 0.29) is 17.8 Å². The van der Waals surface area contributed by atoms with Gasteiger partial charge in [0.05, 0.1) is 12.5 Å². The first-order valence-corrected chi connectivity index (χ1v) is 8.48. The number of benzene rings is 1. The molecule has 0 aliphatic carbocycles. The number of piperidine rings is 1. The van der Waals surface area contributed by atoms with Gasteiger partial charge in [0.1, 0.15) is 0 Å². The first-order chi connectivity index (χ1) is 10.2. The number of hydrogen-bond donors (Lipinski definition) is 0. The third-order valence-electron chi connectivity index (χ3n) is 3.67. The highest BCUT2D eigenvalue weighted by Crippen LogP contribution is 2.21. The third kappa shape index (κ3) is 4.00. The first-order valence-electron chi connectivity index (χ1n) is 7.25. The maximum absolute atomic E-state index is 12.5. The van der Waals surface area contributed by atoms with E-state index in [1.165, 1.54) is 0 Å². The van der Waals surface area contributed by atoms with E-state index in [2.05, 4.69) is 0 Å². The summed E-state index contributed by atoms with van der Waals surface area (Å²) in [6.07, 6.45) is 3.65. The van der Waals surface area contributed by atoms with Crippen molar-refractivity contribution in [3.63, 3.8) is 0 Å². The molecule has 0 N–H and O–H groups in total. The van der Waals surface area contributed by atoms with Gasteiger partial charge in [0.2, 0.25) is 0 Å². The molecule has 1 heterocycles. The molecular weight excluding hydrogens is 286 g/mol. The van der Waals surface area contributed by atoms with Crippen LogP contribution in [-0.2, 0) is 9.53 Å². The molecule has 1 aromatic carbocycles. The molecule has 1 aromatic rings. The van der Waals surface area contributed by atoms with Gasteiger partial charge in [-0.2, -0.15) is 0 Å². The van der Waals surface area contributed by atoms with Crippen molar-refractivity contribution in [1.82, 2.24) is 4.90 Å². The zero-order chi connectivity index (χ0) is 15.2. The fourth-order valence-corrected chi connectivity index (χ4v) is 2.94. The average Bonchev–Trinajstić information content (AvgIpc) is 2.54. The Kier molecular flexibility index (Phi) is 5.67. The Morgan fingerprint density at radius 3 is 2.67 bits per heavy atom. The largest absolute Gasteiger partial charge is 0.466 e. The number of carbonyl (C=O) groups excluding carboxylic acids is 2. The quantitative estimate of drug-likeness (QED) is 0.634. The number of rotatable bonds is 4. The molecule has 21 heavy (non-hydrogen) atoms. The van der Waals surface area contributed by atoms with Crippen molar-refractivity contribution in [2.24, 2.45) is 5.92 Å². The van der Waals surface area contributed by atoms with Gasteiger partial charge in [-0.15, -0.1) is 11.8 Å². The van der Waals surface area contributed by atoms with Gasteiger partial charge in [-0.3, -0.25) is 9.59 Å². The van der Waals surface area contributed by atoms with Crippen molar-refractivity contribution >= 4 is 23.6 Å². The van der Waals surface area contributed by atoms with Gasteiger partial charge in [0, 0.05) is 23.5 Å². The molecule has 1 amide bonds. The van der Waals surface area contributed by atoms with E-state index in [0.717, 1.165) is 17.7 Å². The summed E-state index contributed by atoms with van der Waals surface area (Å²) in [5.41, 5.74) is 0.678. The second kappa shape index (κ2) is 7.50. The van der Waals surface area contributed by atoms with Gasteiger partial charge in [-0.25, -0.2) is 0 Å². The lowest BCUT2D eigenvalue weighted by Crippen LogP contribution is -2.42. The number of carbonyl (C=O) groups is 2. The van der Waals surface area contributed by atoms with Crippen LogP contribution in [0.3, 0.4) is 0 Å². The smallest absolute Gasteiger partial charge is 0.310 e. The predicted molar refractivity (Wildman–Crippen MR) is 83.5 cm³/mol. The number of thioether (sulfide) groups is 1. The molecule has 2 rings (SSSR count). The minimum absolute atomic E-state index is 0.00310. The SMILES string of the molecule is CCOC(=O)C1CCCN(C(=O)c2ccc(SC)cc2)C1. The standard InChI is InChI=1S/C16H21NO3S/c1-3-20-16(19)13-5-4-10-17(11-13)15(18)12-6-8-14(21-2)9-7-12/h6-9,13H,3-5,10-11H2,1-2H3. The van der Waals surface area contributed by atoms with Crippen LogP contribution in [0.2, 0.25) is 0 Å². The number of esters is 1. The van der Waals surface area contributed by atoms with Crippen molar-refractivity contribution in [2.45, 2.75) is 24.7 Å². The van der Waals surface area contributed by atoms with Crippen LogP contribution in [-0.4, -0.2) is 42.7 Å². The fourth-order valence-electron chi connectivity index (χ4n) is 2.53. The molecule has 1 saturated heterocycles. The average molecular weight is 307 g/mol. The number of ether oxygens (including phenoxy) is 1. The summed E-state index contributed by atoms with van der Waals surface area (Å²) in [5.74, 6) is -0.377. The topological polar surface area (TPSA) is 46.6 Å². The second-order valence-electron chi connectivity index (χ2n) is 5.07. The summed E-state index contributed by atoms with van der Waals surface area (Å²) < 4.78 is 5.07. The molecule has 1 aliphatic rings. The zero-order valence-electron chi connectivity index (χ0n) is 12.5. The summed E-state index contributed by atoms with van der Waals surface area (Å²) in [6, 6.07) is 7.60. The van der Waals surface area contributed by atoms with E-state index in [1.54, 1.807) is 23.6 Å². The highest BCUT2D eigenvalue weighted by Gasteiger charge is 2.29. The molecule has 1 unspecified atom stereocenters. The predicted octanol–water partition coefficient (Wildman–Crippen LogP) is 2.82. The molecule has 5 heteroatoms. The van der Waals surface area contributed by atoms with Gasteiger partial charge in [0.15, 0.2) is 0 Å². The monoisotopic (exact) mass is 307 g/mol. The van der Waals surface area contributed by atoms with E-state index in [4.69, 9.17) is 4.74 Å². The Labute approximate surface area is 129 Å². The highest BCUT2D eigenvalue weighted by atomic mass is 32.2. The number of hydrogen-bond acceptors (Lipinski definition) is 4. The Morgan fingerprint density at radius 2 is 2.05 bits per heavy atom. The molecule has 114 valence electrons. The zero-order valence-corrected chi connectivity index (χ0v) is 13.3. The molecule has 0 saturated carbocycles. The summed E-state index contributed by atoms with van der Waals surface area (Å²) in [6.45, 7) is 3.36. The molecule has 0 spiro atoms. The van der Waals surface area contributed by atoms with Crippen LogP contribution in [0.5, 0.6) is 0 Å². The van der Waals surface area contributed by atoms with E-state index < -0.39 is 0 Å². The van der Waals surface area contributed by atoms with E-state index in [0.29, 0.717) is 25.3 Å². The van der Waals surface area contributed by atoms with Gasteiger partial charge >= 0.3 is 5.97 Å². The van der Waals surface area contributed by atoms with Crippen LogP contribution in [0.25, 0.3) is 0 Å². The number of amides is 1. The van der Waals surface area contributed by atoms with Gasteiger partial charge in [-0.1, -0.05) is 0 Å². The van der Waals surface area contributed by atoms with Crippen molar-refractivity contribution in [2.75, 3.05) is 26.0 Å². The first kappa shape index (κ1) is 15.9. The normalized spacial score (nSPS) is 18.4. The molecule has 1 aliphatic heterocycles. The maximum atomic E-state index is 12.5. The van der Waals surface area contributed by atoms with E-state index in [9.17, 15) is 9.59 Å². The van der Waals surface area contributed by atoms with E-state index in [1.807, 2.05) is 30.5 Å². The van der Waals surface area contributed by atoms with E-state index >= 15 is 0 Å². The molecule has 0 bridgehead atoms. The summed E-state index contributed by atoms with van der Waals surface area (Å²) in [7, 11) is 0.